The van der Waals surface area contributed by atoms with Crippen LogP contribution in [0.4, 0.5) is 10.3 Å². The fraction of sp³-hybridized carbons (Fsp3) is 0.375. The van der Waals surface area contributed by atoms with Gasteiger partial charge in [0.1, 0.15) is 5.82 Å². The molecule has 2 N–H and O–H groups in total. The first kappa shape index (κ1) is 13.9. The SMILES string of the molecule is CNc1oc(C2CCCOC2)c(O)c1-c1cccc(F)c1. The number of halogens is 1. The third-order valence-electron chi connectivity index (χ3n) is 3.78. The Bertz CT molecular complexity index is 632. The molecule has 0 aliphatic carbocycles. The number of benzene rings is 1. The van der Waals surface area contributed by atoms with E-state index in [1.165, 1.54) is 12.1 Å². The van der Waals surface area contributed by atoms with E-state index in [1.807, 2.05) is 0 Å². The van der Waals surface area contributed by atoms with Crippen LogP contribution >= 0.6 is 0 Å². The van der Waals surface area contributed by atoms with E-state index in [9.17, 15) is 9.50 Å². The highest BCUT2D eigenvalue weighted by Gasteiger charge is 2.28. The number of hydrogen-bond donors (Lipinski definition) is 2. The summed E-state index contributed by atoms with van der Waals surface area (Å²) in [5, 5.41) is 13.4. The summed E-state index contributed by atoms with van der Waals surface area (Å²) in [7, 11) is 1.71. The molecule has 21 heavy (non-hydrogen) atoms. The number of rotatable bonds is 3. The van der Waals surface area contributed by atoms with Gasteiger partial charge < -0.3 is 19.6 Å². The molecule has 0 saturated carbocycles. The third-order valence-corrected chi connectivity index (χ3v) is 3.78. The van der Waals surface area contributed by atoms with Gasteiger partial charge in [-0.05, 0) is 30.5 Å². The van der Waals surface area contributed by atoms with Gasteiger partial charge in [-0.1, -0.05) is 12.1 Å². The summed E-state index contributed by atoms with van der Waals surface area (Å²) in [5.41, 5.74) is 1.08. The molecule has 1 aliphatic heterocycles. The van der Waals surface area contributed by atoms with Crippen molar-refractivity contribution >= 4 is 5.88 Å². The van der Waals surface area contributed by atoms with Crippen LogP contribution in [0.5, 0.6) is 5.75 Å². The molecule has 1 unspecified atom stereocenters. The molecule has 1 saturated heterocycles. The number of hydrogen-bond acceptors (Lipinski definition) is 4. The molecule has 3 rings (SSSR count). The summed E-state index contributed by atoms with van der Waals surface area (Å²) in [5.74, 6) is 0.711. The maximum atomic E-state index is 13.4. The number of anilines is 1. The molecule has 2 aromatic rings. The lowest BCUT2D eigenvalue weighted by Gasteiger charge is -2.20. The van der Waals surface area contributed by atoms with Crippen molar-refractivity contribution in [2.24, 2.45) is 0 Å². The summed E-state index contributed by atoms with van der Waals surface area (Å²) >= 11 is 0. The highest BCUT2D eigenvalue weighted by Crippen LogP contribution is 2.45. The minimum absolute atomic E-state index is 0.0353. The van der Waals surface area contributed by atoms with Crippen LogP contribution in [0.3, 0.4) is 0 Å². The number of nitrogens with one attached hydrogen (secondary N) is 1. The molecule has 1 aliphatic rings. The summed E-state index contributed by atoms with van der Waals surface area (Å²) in [4.78, 5) is 0. The van der Waals surface area contributed by atoms with Gasteiger partial charge in [-0.25, -0.2) is 4.39 Å². The normalized spacial score (nSPS) is 18.7. The molecule has 2 heterocycles. The quantitative estimate of drug-likeness (QED) is 0.904. The minimum Gasteiger partial charge on any atom is -0.504 e. The molecule has 0 bridgehead atoms. The van der Waals surface area contributed by atoms with Crippen molar-refractivity contribution in [1.82, 2.24) is 0 Å². The summed E-state index contributed by atoms with van der Waals surface area (Å²) in [6.07, 6.45) is 1.85. The Morgan fingerprint density at radius 2 is 2.24 bits per heavy atom. The molecule has 1 aromatic heterocycles. The monoisotopic (exact) mass is 291 g/mol. The van der Waals surface area contributed by atoms with E-state index in [1.54, 1.807) is 19.2 Å². The second-order valence-corrected chi connectivity index (χ2v) is 5.19. The van der Waals surface area contributed by atoms with Gasteiger partial charge in [0.05, 0.1) is 12.2 Å². The zero-order valence-corrected chi connectivity index (χ0v) is 11.9. The highest BCUT2D eigenvalue weighted by molar-refractivity contribution is 5.81. The Kier molecular flexibility index (Phi) is 3.84. The van der Waals surface area contributed by atoms with Crippen LogP contribution in [0.2, 0.25) is 0 Å². The third kappa shape index (κ3) is 2.61. The van der Waals surface area contributed by atoms with Gasteiger partial charge in [-0.15, -0.1) is 0 Å². The van der Waals surface area contributed by atoms with Crippen LogP contribution in [0.25, 0.3) is 11.1 Å². The Hall–Kier alpha value is -2.01. The van der Waals surface area contributed by atoms with E-state index in [0.717, 1.165) is 19.4 Å². The fourth-order valence-corrected chi connectivity index (χ4v) is 2.75. The smallest absolute Gasteiger partial charge is 0.204 e. The molecule has 1 atom stereocenters. The Morgan fingerprint density at radius 1 is 1.38 bits per heavy atom. The maximum Gasteiger partial charge on any atom is 0.204 e. The van der Waals surface area contributed by atoms with Gasteiger partial charge in [0.2, 0.25) is 5.88 Å². The van der Waals surface area contributed by atoms with E-state index in [-0.39, 0.29) is 17.5 Å². The van der Waals surface area contributed by atoms with Crippen molar-refractivity contribution < 1.29 is 18.7 Å². The molecular weight excluding hydrogens is 273 g/mol. The second-order valence-electron chi connectivity index (χ2n) is 5.19. The molecule has 112 valence electrons. The molecule has 0 spiro atoms. The maximum absolute atomic E-state index is 13.4. The lowest BCUT2D eigenvalue weighted by atomic mass is 9.97. The number of furan rings is 1. The van der Waals surface area contributed by atoms with Crippen molar-refractivity contribution in [2.75, 3.05) is 25.6 Å². The summed E-state index contributed by atoms with van der Waals surface area (Å²) < 4.78 is 24.6. The minimum atomic E-state index is -0.349. The van der Waals surface area contributed by atoms with Gasteiger partial charge in [0.25, 0.3) is 0 Å². The first-order chi connectivity index (χ1) is 10.2. The second kappa shape index (κ2) is 5.77. The van der Waals surface area contributed by atoms with Gasteiger partial charge in [0, 0.05) is 19.6 Å². The van der Waals surface area contributed by atoms with E-state index in [4.69, 9.17) is 9.15 Å². The van der Waals surface area contributed by atoms with Crippen LogP contribution in [0.15, 0.2) is 28.7 Å². The Morgan fingerprint density at radius 3 is 2.90 bits per heavy atom. The molecule has 1 fully saturated rings. The average Bonchev–Trinajstić information content (AvgIpc) is 2.85. The first-order valence-corrected chi connectivity index (χ1v) is 7.07. The Balaban J connectivity index is 2.05. The standard InChI is InChI=1S/C16H18FNO3/c1-18-16-13(10-4-2-6-12(17)8-10)14(19)15(21-16)11-5-3-7-20-9-11/h2,4,6,8,11,18-19H,3,5,7,9H2,1H3. The average molecular weight is 291 g/mol. The predicted molar refractivity (Wildman–Crippen MR) is 78.1 cm³/mol. The van der Waals surface area contributed by atoms with E-state index < -0.39 is 0 Å². The largest absolute Gasteiger partial charge is 0.504 e. The van der Waals surface area contributed by atoms with E-state index in [2.05, 4.69) is 5.32 Å². The van der Waals surface area contributed by atoms with Gasteiger partial charge in [-0.3, -0.25) is 0 Å². The van der Waals surface area contributed by atoms with Crippen molar-refractivity contribution in [3.63, 3.8) is 0 Å². The Labute approximate surface area is 122 Å². The number of ether oxygens (including phenoxy) is 1. The molecule has 5 heteroatoms. The van der Waals surface area contributed by atoms with Crippen LogP contribution in [0, 0.1) is 5.82 Å². The zero-order chi connectivity index (χ0) is 14.8. The van der Waals surface area contributed by atoms with Crippen LogP contribution in [-0.4, -0.2) is 25.4 Å². The lowest BCUT2D eigenvalue weighted by molar-refractivity contribution is 0.0734. The molecule has 0 radical (unpaired) electrons. The molecule has 1 aromatic carbocycles. The van der Waals surface area contributed by atoms with Crippen molar-refractivity contribution in [3.05, 3.63) is 35.8 Å². The van der Waals surface area contributed by atoms with Crippen molar-refractivity contribution in [3.8, 4) is 16.9 Å². The lowest BCUT2D eigenvalue weighted by Crippen LogP contribution is -2.14. The van der Waals surface area contributed by atoms with Gasteiger partial charge in [0.15, 0.2) is 11.5 Å². The van der Waals surface area contributed by atoms with Crippen molar-refractivity contribution in [1.29, 1.82) is 0 Å². The van der Waals surface area contributed by atoms with Crippen molar-refractivity contribution in [2.45, 2.75) is 18.8 Å². The van der Waals surface area contributed by atoms with Crippen LogP contribution < -0.4 is 5.32 Å². The van der Waals surface area contributed by atoms with E-state index >= 15 is 0 Å². The highest BCUT2D eigenvalue weighted by atomic mass is 19.1. The van der Waals surface area contributed by atoms with Gasteiger partial charge >= 0.3 is 0 Å². The zero-order valence-electron chi connectivity index (χ0n) is 11.9. The van der Waals surface area contributed by atoms with E-state index in [0.29, 0.717) is 29.4 Å². The topological polar surface area (TPSA) is 54.6 Å². The summed E-state index contributed by atoms with van der Waals surface area (Å²) in [6, 6.07) is 6.11. The van der Waals surface area contributed by atoms with Gasteiger partial charge in [-0.2, -0.15) is 0 Å². The first-order valence-electron chi connectivity index (χ1n) is 7.07. The molecule has 0 amide bonds. The van der Waals surface area contributed by atoms with Crippen LogP contribution in [-0.2, 0) is 4.74 Å². The number of aromatic hydroxyl groups is 1. The molecular formula is C16H18FNO3. The fourth-order valence-electron chi connectivity index (χ4n) is 2.75. The summed E-state index contributed by atoms with van der Waals surface area (Å²) in [6.45, 7) is 1.28. The molecule has 4 nitrogen and oxygen atoms in total. The van der Waals surface area contributed by atoms with Crippen LogP contribution in [0.1, 0.15) is 24.5 Å². The predicted octanol–water partition coefficient (Wildman–Crippen LogP) is 3.73.